The van der Waals surface area contributed by atoms with Gasteiger partial charge in [-0.15, -0.1) is 0 Å². The summed E-state index contributed by atoms with van der Waals surface area (Å²) in [4.78, 5) is 10.4. The molecule has 1 fully saturated rings. The molecule has 4 aromatic rings. The second-order valence-corrected chi connectivity index (χ2v) is 9.19. The number of pyridine rings is 1. The molecule has 9 heteroatoms. The van der Waals surface area contributed by atoms with Crippen molar-refractivity contribution in [2.45, 2.75) is 13.0 Å². The fourth-order valence-corrected chi connectivity index (χ4v) is 4.68. The van der Waals surface area contributed by atoms with Gasteiger partial charge in [-0.1, -0.05) is 12.1 Å². The Kier molecular flexibility index (Phi) is 4.11. The molecule has 1 aliphatic heterocycles. The summed E-state index contributed by atoms with van der Waals surface area (Å²) in [5, 5.41) is 5.91. The molecule has 150 valence electrons. The van der Waals surface area contributed by atoms with Crippen molar-refractivity contribution in [3.63, 3.8) is 0 Å². The maximum Gasteiger partial charge on any atom is 0.251 e. The molecule has 1 aliphatic rings. The normalized spacial score (nSPS) is 18.0. The van der Waals surface area contributed by atoms with Crippen molar-refractivity contribution < 1.29 is 13.2 Å². The highest BCUT2D eigenvalue weighted by atomic mass is 32.2. The third-order valence-corrected chi connectivity index (χ3v) is 6.26. The first-order chi connectivity index (χ1) is 13.9. The number of nitrogens with zero attached hydrogens (tertiary/aromatic N) is 4. The minimum atomic E-state index is -3.55. The van der Waals surface area contributed by atoms with Gasteiger partial charge in [0.1, 0.15) is 5.82 Å². The van der Waals surface area contributed by atoms with E-state index in [1.165, 1.54) is 0 Å². The van der Waals surface area contributed by atoms with Crippen LogP contribution in [0.1, 0.15) is 6.92 Å². The summed E-state index contributed by atoms with van der Waals surface area (Å²) in [7, 11) is -3.55. The quantitative estimate of drug-likeness (QED) is 0.557. The minimum absolute atomic E-state index is 0.124. The molecule has 0 bridgehead atoms. The van der Waals surface area contributed by atoms with Gasteiger partial charge in [0.25, 0.3) is 10.0 Å². The van der Waals surface area contributed by atoms with E-state index < -0.39 is 10.0 Å². The smallest absolute Gasteiger partial charge is 0.251 e. The van der Waals surface area contributed by atoms with Crippen LogP contribution in [0.3, 0.4) is 0 Å². The number of hydrogen-bond donors (Lipinski definition) is 1. The van der Waals surface area contributed by atoms with E-state index in [9.17, 15) is 8.42 Å². The minimum Gasteiger partial charge on any atom is -0.377 e. The molecule has 29 heavy (non-hydrogen) atoms. The highest BCUT2D eigenvalue weighted by Crippen LogP contribution is 2.34. The monoisotopic (exact) mass is 411 g/mol. The van der Waals surface area contributed by atoms with Gasteiger partial charge >= 0.3 is 0 Å². The Morgan fingerprint density at radius 1 is 1.24 bits per heavy atom. The molecule has 1 N–H and O–H groups in total. The molecule has 0 aliphatic carbocycles. The predicted molar refractivity (Wildman–Crippen MR) is 113 cm³/mol. The topological polar surface area (TPSA) is 93.1 Å². The molecule has 1 atom stereocenters. The average Bonchev–Trinajstić information content (AvgIpc) is 3.34. The van der Waals surface area contributed by atoms with E-state index in [-0.39, 0.29) is 6.04 Å². The van der Waals surface area contributed by atoms with Crippen molar-refractivity contribution in [3.8, 4) is 11.3 Å². The van der Waals surface area contributed by atoms with Crippen LogP contribution in [0.2, 0.25) is 0 Å². The van der Waals surface area contributed by atoms with Gasteiger partial charge in [-0.05, 0) is 25.1 Å². The lowest BCUT2D eigenvalue weighted by Gasteiger charge is -2.34. The van der Waals surface area contributed by atoms with E-state index in [0.29, 0.717) is 36.4 Å². The molecule has 1 aromatic carbocycles. The molecule has 0 spiro atoms. The van der Waals surface area contributed by atoms with Crippen molar-refractivity contribution in [3.05, 3.63) is 42.7 Å². The van der Waals surface area contributed by atoms with Gasteiger partial charge < -0.3 is 14.6 Å². The second kappa shape index (κ2) is 6.57. The number of nitrogens with one attached hydrogen (secondary N) is 1. The van der Waals surface area contributed by atoms with E-state index in [2.05, 4.69) is 21.9 Å². The van der Waals surface area contributed by atoms with Crippen LogP contribution in [0.4, 0.5) is 5.82 Å². The lowest BCUT2D eigenvalue weighted by molar-refractivity contribution is 0.0987. The zero-order chi connectivity index (χ0) is 20.2. The standard InChI is InChI=1S/C20H21N5O3S/c1-13-12-28-9-8-24(13)20-16-11-22-25(29(2,26)27)19(16)10-18(23-20)14-4-3-5-17-15(14)6-7-21-17/h3-7,10-11,13,21H,8-9,12H2,1-2H3/t13-/m1/s1. The van der Waals surface area contributed by atoms with Crippen LogP contribution in [-0.4, -0.2) is 59.6 Å². The summed E-state index contributed by atoms with van der Waals surface area (Å²) in [6.45, 7) is 3.96. The maximum atomic E-state index is 12.3. The summed E-state index contributed by atoms with van der Waals surface area (Å²) in [5.41, 5.74) is 3.18. The van der Waals surface area contributed by atoms with Crippen molar-refractivity contribution >= 4 is 37.6 Å². The van der Waals surface area contributed by atoms with Gasteiger partial charge in [-0.3, -0.25) is 0 Å². The fraction of sp³-hybridized carbons (Fsp3) is 0.300. The zero-order valence-electron chi connectivity index (χ0n) is 16.2. The predicted octanol–water partition coefficient (Wildman–Crippen LogP) is 2.61. The van der Waals surface area contributed by atoms with Crippen molar-refractivity contribution in [2.75, 3.05) is 30.9 Å². The van der Waals surface area contributed by atoms with Crippen LogP contribution in [0, 0.1) is 0 Å². The molecule has 4 heterocycles. The van der Waals surface area contributed by atoms with E-state index in [1.54, 1.807) is 12.3 Å². The van der Waals surface area contributed by atoms with Gasteiger partial charge in [0.05, 0.1) is 48.3 Å². The number of anilines is 1. The summed E-state index contributed by atoms with van der Waals surface area (Å²) in [6, 6.07) is 9.90. The number of aromatic amines is 1. The number of fused-ring (bicyclic) bond motifs is 2. The molecule has 8 nitrogen and oxygen atoms in total. The summed E-state index contributed by atoms with van der Waals surface area (Å²) in [6.07, 6.45) is 4.63. The van der Waals surface area contributed by atoms with Crippen LogP contribution in [0.5, 0.6) is 0 Å². The van der Waals surface area contributed by atoms with E-state index in [0.717, 1.165) is 32.6 Å². The first-order valence-electron chi connectivity index (χ1n) is 9.43. The first kappa shape index (κ1) is 18.1. The van der Waals surface area contributed by atoms with Crippen molar-refractivity contribution in [1.82, 2.24) is 19.2 Å². The number of hydrogen-bond acceptors (Lipinski definition) is 6. The van der Waals surface area contributed by atoms with Gasteiger partial charge in [0.2, 0.25) is 0 Å². The highest BCUT2D eigenvalue weighted by Gasteiger charge is 2.26. The maximum absolute atomic E-state index is 12.3. The number of benzene rings is 1. The highest BCUT2D eigenvalue weighted by molar-refractivity contribution is 7.89. The zero-order valence-corrected chi connectivity index (χ0v) is 17.0. The van der Waals surface area contributed by atoms with Gasteiger partial charge in [-0.2, -0.15) is 9.19 Å². The number of aromatic nitrogens is 4. The Balaban J connectivity index is 1.82. The molecule has 0 unspecified atom stereocenters. The van der Waals surface area contributed by atoms with Crippen molar-refractivity contribution in [2.24, 2.45) is 0 Å². The Labute approximate surface area is 168 Å². The first-order valence-corrected chi connectivity index (χ1v) is 11.3. The molecule has 0 radical (unpaired) electrons. The third-order valence-electron chi connectivity index (χ3n) is 5.34. The molecular weight excluding hydrogens is 390 g/mol. The average molecular weight is 411 g/mol. The lowest BCUT2D eigenvalue weighted by Crippen LogP contribution is -2.44. The van der Waals surface area contributed by atoms with E-state index in [1.807, 2.05) is 30.5 Å². The van der Waals surface area contributed by atoms with Crippen LogP contribution >= 0.6 is 0 Å². The Morgan fingerprint density at radius 3 is 2.90 bits per heavy atom. The molecule has 0 saturated carbocycles. The fourth-order valence-electron chi connectivity index (χ4n) is 3.95. The third kappa shape index (κ3) is 2.97. The number of morpholine rings is 1. The van der Waals surface area contributed by atoms with E-state index in [4.69, 9.17) is 9.72 Å². The van der Waals surface area contributed by atoms with E-state index >= 15 is 0 Å². The van der Waals surface area contributed by atoms with Gasteiger partial charge in [0, 0.05) is 29.2 Å². The molecule has 5 rings (SSSR count). The summed E-state index contributed by atoms with van der Waals surface area (Å²) in [5.74, 6) is 0.732. The van der Waals surface area contributed by atoms with Crippen LogP contribution in [0.15, 0.2) is 42.7 Å². The molecule has 1 saturated heterocycles. The van der Waals surface area contributed by atoms with Gasteiger partial charge in [0.15, 0.2) is 0 Å². The largest absolute Gasteiger partial charge is 0.377 e. The number of rotatable bonds is 3. The Hall–Kier alpha value is -2.91. The Bertz CT molecular complexity index is 1320. The lowest BCUT2D eigenvalue weighted by atomic mass is 10.1. The van der Waals surface area contributed by atoms with Crippen LogP contribution in [-0.2, 0) is 14.8 Å². The molecule has 0 amide bonds. The van der Waals surface area contributed by atoms with Gasteiger partial charge in [-0.25, -0.2) is 13.4 Å². The number of H-pyrrole nitrogens is 1. The second-order valence-electron chi connectivity index (χ2n) is 7.38. The molecular formula is C20H21N5O3S. The Morgan fingerprint density at radius 2 is 2.10 bits per heavy atom. The van der Waals surface area contributed by atoms with Crippen LogP contribution < -0.4 is 4.90 Å². The molecule has 3 aromatic heterocycles. The summed E-state index contributed by atoms with van der Waals surface area (Å²) < 4.78 is 31.3. The number of ether oxygens (including phenoxy) is 1. The SMILES string of the molecule is C[C@@H]1COCCN1c1nc(-c2cccc3[nH]ccc23)cc2c1cnn2S(C)(=O)=O. The summed E-state index contributed by atoms with van der Waals surface area (Å²) >= 11 is 0. The van der Waals surface area contributed by atoms with Crippen molar-refractivity contribution in [1.29, 1.82) is 0 Å². The van der Waals surface area contributed by atoms with Crippen LogP contribution in [0.25, 0.3) is 33.1 Å².